The summed E-state index contributed by atoms with van der Waals surface area (Å²) >= 11 is 8.12. The molecule has 4 aromatic carbocycles. The van der Waals surface area contributed by atoms with Crippen LogP contribution in [-0.2, 0) is 102 Å². The zero-order valence-electron chi connectivity index (χ0n) is 67.9. The van der Waals surface area contributed by atoms with Gasteiger partial charge in [-0.05, 0) is 101 Å². The molecule has 0 saturated heterocycles. The number of nitrogens with one attached hydrogen (secondary N) is 16. The highest BCUT2D eigenvalue weighted by atomic mass is 32.1. The second-order valence-electron chi connectivity index (χ2n) is 28.9. The number of aliphatic carboxylic acids is 1. The molecule has 15 amide bonds. The van der Waals surface area contributed by atoms with E-state index in [4.69, 9.17) is 22.9 Å². The zero-order valence-corrected chi connectivity index (χ0v) is 69.7. The third kappa shape index (κ3) is 34.5. The van der Waals surface area contributed by atoms with Gasteiger partial charge in [-0.25, -0.2) is 4.79 Å². The van der Waals surface area contributed by atoms with Crippen molar-refractivity contribution in [3.63, 3.8) is 0 Å². The van der Waals surface area contributed by atoms with Crippen LogP contribution >= 0.6 is 25.3 Å². The molecule has 0 bridgehead atoms. The highest BCUT2D eigenvalue weighted by Gasteiger charge is 2.40. The molecule has 42 heteroatoms. The van der Waals surface area contributed by atoms with Crippen molar-refractivity contribution in [2.24, 2.45) is 22.9 Å². The number of unbranched alkanes of at least 4 members (excludes halogenated alkanes) is 2. The first-order chi connectivity index (χ1) is 58.2. The number of primary amides is 1. The second kappa shape index (κ2) is 53.2. The Labute approximate surface area is 715 Å². The van der Waals surface area contributed by atoms with E-state index in [1.807, 2.05) is 0 Å². The van der Waals surface area contributed by atoms with Crippen LogP contribution in [0, 0.1) is 0 Å². The first-order valence-electron chi connectivity index (χ1n) is 39.6. The number of hydrogen-bond acceptors (Lipinski definition) is 25. The van der Waals surface area contributed by atoms with E-state index >= 15 is 14.4 Å². The molecule has 28 N–H and O–H groups in total. The van der Waals surface area contributed by atoms with Crippen molar-refractivity contribution in [3.8, 4) is 0 Å². The van der Waals surface area contributed by atoms with Crippen molar-refractivity contribution < 1.29 is 97.1 Å². The largest absolute Gasteiger partial charge is 0.480 e. The van der Waals surface area contributed by atoms with Gasteiger partial charge in [0.2, 0.25) is 88.6 Å². The molecule has 0 unspecified atom stereocenters. The van der Waals surface area contributed by atoms with Crippen LogP contribution in [0.2, 0.25) is 0 Å². The number of H-pyrrole nitrogens is 1. The van der Waals surface area contributed by atoms with Gasteiger partial charge in [-0.2, -0.15) is 25.3 Å². The molecule has 40 nitrogen and oxygen atoms in total. The molecule has 0 aliphatic rings. The molecule has 1 heterocycles. The number of aliphatic hydroxyl groups excluding tert-OH is 3. The van der Waals surface area contributed by atoms with E-state index in [1.54, 1.807) is 121 Å². The number of aliphatic hydroxyl groups is 3. The number of para-hydroxylation sites is 1. The number of aromatic nitrogens is 1. The predicted octanol–water partition coefficient (Wildman–Crippen LogP) is -6.74. The van der Waals surface area contributed by atoms with E-state index in [2.05, 4.69) is 110 Å². The SMILES string of the molecule is C[C@H](NC(=O)CNCCN)C(=O)NCC(=O)N[C@@H](CS)C(=O)N[C@@H](CCCCN)C(=O)N[C@@H](CC(N)=O)C(=O)N[C@@H](Cc1ccccc1)C(=O)N[C@@H](Cc1ccccc1)C(=O)N[C@@H](Cc1c[nH]c2ccccc12)C(=O)N[C@@H](CCCCN)C(=O)N[C@H](C(=O)N[C@@H](Cc1ccccc1)C(=O)N[C@H](C(=O)N[C@@H](CO)C(=O)N[C@@H](CS)C(=O)O)[C@@H](C)O)[C@@H](C)O. The fourth-order valence-electron chi connectivity index (χ4n) is 12.4. The lowest BCUT2D eigenvalue weighted by Crippen LogP contribution is -2.63. The van der Waals surface area contributed by atoms with Crippen molar-refractivity contribution in [1.29, 1.82) is 0 Å². The van der Waals surface area contributed by atoms with Crippen LogP contribution < -0.4 is 103 Å². The highest BCUT2D eigenvalue weighted by Crippen LogP contribution is 2.21. The number of aromatic amines is 1. The third-order valence-corrected chi connectivity index (χ3v) is 19.8. The average molecular weight is 1740 g/mol. The zero-order chi connectivity index (χ0) is 90.0. The van der Waals surface area contributed by atoms with E-state index in [0.29, 0.717) is 52.5 Å². The number of nitrogens with two attached hydrogens (primary N) is 4. The number of benzene rings is 4. The molecule has 1 aromatic heterocycles. The van der Waals surface area contributed by atoms with Crippen LogP contribution in [0.3, 0.4) is 0 Å². The van der Waals surface area contributed by atoms with E-state index in [1.165, 1.54) is 6.92 Å². The minimum Gasteiger partial charge on any atom is -0.480 e. The van der Waals surface area contributed by atoms with E-state index in [9.17, 15) is 82.8 Å². The lowest BCUT2D eigenvalue weighted by Gasteiger charge is -2.29. The quantitative estimate of drug-likeness (QED) is 0.0127. The van der Waals surface area contributed by atoms with E-state index in [0.717, 1.165) is 13.8 Å². The van der Waals surface area contributed by atoms with Crippen LogP contribution in [0.4, 0.5) is 0 Å². The Hall–Kier alpha value is -11.6. The van der Waals surface area contributed by atoms with Gasteiger partial charge in [-0.15, -0.1) is 0 Å². The summed E-state index contributed by atoms with van der Waals surface area (Å²) in [6.45, 7) is 2.69. The van der Waals surface area contributed by atoms with Crippen LogP contribution in [0.1, 0.15) is 88.0 Å². The Bertz CT molecular complexity index is 4310. The van der Waals surface area contributed by atoms with Gasteiger partial charge in [0.15, 0.2) is 0 Å². The van der Waals surface area contributed by atoms with Gasteiger partial charge in [0.25, 0.3) is 0 Å². The summed E-state index contributed by atoms with van der Waals surface area (Å²) in [6.07, 6.45) is -3.18. The summed E-state index contributed by atoms with van der Waals surface area (Å²) in [5.41, 5.74) is 25.3. The Kier molecular flexibility index (Phi) is 44.0. The number of carbonyl (C=O) groups excluding carboxylic acids is 15. The average Bonchev–Trinajstić information content (AvgIpc) is 1.76. The number of fused-ring (bicyclic) bond motifs is 1. The molecule has 0 aliphatic heterocycles. The van der Waals surface area contributed by atoms with Gasteiger partial charge < -0.3 is 128 Å². The Morgan fingerprint density at radius 1 is 0.393 bits per heavy atom. The molecule has 122 heavy (non-hydrogen) atoms. The molecular weight excluding hydrogens is 1630 g/mol. The van der Waals surface area contributed by atoms with Gasteiger partial charge in [0.05, 0.1) is 38.3 Å². The molecule has 0 spiro atoms. The third-order valence-electron chi connectivity index (χ3n) is 19.0. The molecule has 5 rings (SSSR count). The van der Waals surface area contributed by atoms with Crippen molar-refractivity contribution in [2.45, 2.75) is 182 Å². The number of carbonyl (C=O) groups is 16. The van der Waals surface area contributed by atoms with Gasteiger partial charge in [-0.1, -0.05) is 109 Å². The smallest absolute Gasteiger partial charge is 0.327 e. The lowest BCUT2D eigenvalue weighted by atomic mass is 10.00. The molecule has 0 radical (unpaired) electrons. The van der Waals surface area contributed by atoms with Gasteiger partial charge in [0.1, 0.15) is 78.5 Å². The van der Waals surface area contributed by atoms with Crippen LogP contribution in [0.25, 0.3) is 10.9 Å². The number of carboxylic acid groups (broad SMARTS) is 1. The van der Waals surface area contributed by atoms with Crippen molar-refractivity contribution in [3.05, 3.63) is 144 Å². The molecule has 0 saturated carbocycles. The Morgan fingerprint density at radius 2 is 0.762 bits per heavy atom. The monoisotopic (exact) mass is 1740 g/mol. The van der Waals surface area contributed by atoms with Gasteiger partial charge >= 0.3 is 5.97 Å². The van der Waals surface area contributed by atoms with E-state index in [-0.39, 0.29) is 89.1 Å². The second-order valence-corrected chi connectivity index (χ2v) is 29.6. The summed E-state index contributed by atoms with van der Waals surface area (Å²) in [7, 11) is 0. The minimum absolute atomic E-state index is 0.108. The molecule has 666 valence electrons. The number of thiol groups is 2. The first kappa shape index (κ1) is 101. The molecule has 5 aromatic rings. The summed E-state index contributed by atoms with van der Waals surface area (Å²) in [4.78, 5) is 225. The summed E-state index contributed by atoms with van der Waals surface area (Å²) < 4.78 is 0. The van der Waals surface area contributed by atoms with Crippen LogP contribution in [0.15, 0.2) is 121 Å². The van der Waals surface area contributed by atoms with Crippen LogP contribution in [-0.4, -0.2) is 268 Å². The minimum atomic E-state index is -1.92. The molecule has 0 fully saturated rings. The summed E-state index contributed by atoms with van der Waals surface area (Å²) in [6, 6.07) is 10.5. The Morgan fingerprint density at radius 3 is 1.20 bits per heavy atom. The van der Waals surface area contributed by atoms with Crippen molar-refractivity contribution >= 4 is 131 Å². The number of amides is 15. The number of rotatable bonds is 55. The maximum atomic E-state index is 15.4. The molecule has 0 aliphatic carbocycles. The first-order valence-corrected chi connectivity index (χ1v) is 40.9. The van der Waals surface area contributed by atoms with Crippen LogP contribution in [0.5, 0.6) is 0 Å². The topological polar surface area (TPSA) is 654 Å². The van der Waals surface area contributed by atoms with Gasteiger partial charge in [0, 0.05) is 67.4 Å². The number of carboxylic acids is 1. The fraction of sp³-hybridized carbons (Fsp3) is 0.475. The molecule has 15 atom stereocenters. The van der Waals surface area contributed by atoms with E-state index < -0.39 is 205 Å². The van der Waals surface area contributed by atoms with Crippen molar-refractivity contribution in [2.75, 3.05) is 57.4 Å². The fourth-order valence-corrected chi connectivity index (χ4v) is 12.9. The normalized spacial score (nSPS) is 14.8. The number of hydrogen-bond donors (Lipinski definition) is 26. The Balaban J connectivity index is 1.45. The highest BCUT2D eigenvalue weighted by molar-refractivity contribution is 7.80. The van der Waals surface area contributed by atoms with Crippen molar-refractivity contribution in [1.82, 2.24) is 84.7 Å². The van der Waals surface area contributed by atoms with Gasteiger partial charge in [-0.3, -0.25) is 71.9 Å². The summed E-state index contributed by atoms with van der Waals surface area (Å²) in [5, 5.41) is 79.7. The standard InChI is InChI=1S/C80H114N20O20S2/c1-44(88-64(105)39-85-32-31-83)68(107)87-40-65(106)89-61(42-121)77(116)91-53(27-15-17-29-81)69(108)95-59(37-63(84)104)74(113)93-55(33-47-19-7-4-8-20-47)71(110)92-56(34-48-21-9-5-10-22-48)72(111)94-58(36-50-38-86-52-26-14-13-25-51(50)52)73(112)90-54(28-16-18-30-82)70(109)99-66(45(2)102)78(117)96-57(35-49-23-11-6-12-24-49)75(114)100-67(46(3)103)79(118)97-60(41-101)76(115)98-62(43-122)80(119)120/h4-14,19-26,38,44-46,53-62,66-67,85-86,101-103,121-122H,15-18,27-37,39-43,81-83H2,1-3H3,(H2,84,104)(H,87,107)(H,88,105)(H,89,106)(H,90,112)(H,91,116)(H,92,110)(H,93,113)(H,94,111)(H,95,108)(H,96,117)(H,97,118)(H,98,115)(H,99,109)(H,100,114)(H,119,120)/t44-,45+,46+,53-,54-,55-,56-,57-,58-,59-,60-,61-,62-,66-,67-/m0/s1. The summed E-state index contributed by atoms with van der Waals surface area (Å²) in [5.74, 6) is -17.2. The molecular formula is C80H114N20O20S2. The maximum absolute atomic E-state index is 15.4. The maximum Gasteiger partial charge on any atom is 0.327 e. The predicted molar refractivity (Wildman–Crippen MR) is 454 cm³/mol. The lowest BCUT2D eigenvalue weighted by molar-refractivity contribution is -0.142.